The minimum atomic E-state index is -0.110. The van der Waals surface area contributed by atoms with Gasteiger partial charge in [-0.2, -0.15) is 14.6 Å². The summed E-state index contributed by atoms with van der Waals surface area (Å²) >= 11 is 1.19. The monoisotopic (exact) mass is 451 g/mol. The average Bonchev–Trinajstić information content (AvgIpc) is 3.54. The van der Waals surface area contributed by atoms with Crippen molar-refractivity contribution in [2.24, 2.45) is 11.8 Å². The van der Waals surface area contributed by atoms with Crippen molar-refractivity contribution in [1.82, 2.24) is 24.2 Å². The van der Waals surface area contributed by atoms with Gasteiger partial charge in [-0.15, -0.1) is 0 Å². The van der Waals surface area contributed by atoms with E-state index in [4.69, 9.17) is 0 Å². The predicted octanol–water partition coefficient (Wildman–Crippen LogP) is 2.73. The second kappa shape index (κ2) is 7.94. The Morgan fingerprint density at radius 3 is 2.72 bits per heavy atom. The first-order valence-electron chi connectivity index (χ1n) is 10.6. The standard InChI is InChI=1S/C21H25N9OS/c1-28(2)19-25-20(32-27-19)26-21(31)30-10-12-6-15(7-13(12)11-30)29(3)17-14(8-22)9-24-18-16(17)4-5-23-18/h4-5,9,12-13,15H,6-7,10-11H2,1-3H3,(H,23,24)(H,25,26,27,31). The largest absolute Gasteiger partial charge is 0.370 e. The SMILES string of the molecule is CN(C)c1nsc(NC(=O)N2CC3CC(N(C)c4c(C#N)cnc5[nH]ccc45)CC3C2)n1. The van der Waals surface area contributed by atoms with Crippen molar-refractivity contribution >= 4 is 45.4 Å². The van der Waals surface area contributed by atoms with Gasteiger partial charge in [-0.3, -0.25) is 5.32 Å². The van der Waals surface area contributed by atoms with Crippen molar-refractivity contribution in [2.75, 3.05) is 49.3 Å². The number of hydrogen-bond acceptors (Lipinski definition) is 8. The summed E-state index contributed by atoms with van der Waals surface area (Å²) in [6.45, 7) is 1.47. The summed E-state index contributed by atoms with van der Waals surface area (Å²) in [5, 5.41) is 14.0. The number of urea groups is 1. The number of aromatic nitrogens is 4. The Morgan fingerprint density at radius 2 is 2.06 bits per heavy atom. The van der Waals surface area contributed by atoms with E-state index in [0.29, 0.717) is 34.5 Å². The minimum Gasteiger partial charge on any atom is -0.370 e. The van der Waals surface area contributed by atoms with Crippen molar-refractivity contribution in [3.8, 4) is 6.07 Å². The van der Waals surface area contributed by atoms with Crippen LogP contribution in [0.15, 0.2) is 18.5 Å². The third kappa shape index (κ3) is 3.50. The van der Waals surface area contributed by atoms with Gasteiger partial charge in [-0.05, 0) is 30.7 Å². The second-order valence-corrected chi connectivity index (χ2v) is 9.51. The molecule has 2 fully saturated rings. The molecular formula is C21H25N9OS. The van der Waals surface area contributed by atoms with Gasteiger partial charge in [0.05, 0.1) is 11.3 Å². The van der Waals surface area contributed by atoms with Crippen LogP contribution in [0.4, 0.5) is 21.6 Å². The molecule has 3 aromatic heterocycles. The molecule has 2 atom stereocenters. The molecule has 0 spiro atoms. The molecule has 166 valence electrons. The molecule has 0 aromatic carbocycles. The highest BCUT2D eigenvalue weighted by Crippen LogP contribution is 2.42. The van der Waals surface area contributed by atoms with Crippen LogP contribution in [0.2, 0.25) is 0 Å². The van der Waals surface area contributed by atoms with Crippen LogP contribution in [0.25, 0.3) is 11.0 Å². The highest BCUT2D eigenvalue weighted by Gasteiger charge is 2.44. The molecule has 1 aliphatic heterocycles. The van der Waals surface area contributed by atoms with E-state index in [1.807, 2.05) is 36.2 Å². The summed E-state index contributed by atoms with van der Waals surface area (Å²) in [6.07, 6.45) is 5.48. The number of nitriles is 1. The van der Waals surface area contributed by atoms with Crippen LogP contribution in [0.5, 0.6) is 0 Å². The molecule has 3 aromatic rings. The smallest absolute Gasteiger partial charge is 0.323 e. The second-order valence-electron chi connectivity index (χ2n) is 8.76. The van der Waals surface area contributed by atoms with Gasteiger partial charge >= 0.3 is 6.03 Å². The Balaban J connectivity index is 1.25. The summed E-state index contributed by atoms with van der Waals surface area (Å²) in [4.78, 5) is 30.5. The van der Waals surface area contributed by atoms with E-state index in [9.17, 15) is 10.1 Å². The Kier molecular flexibility index (Phi) is 5.09. The van der Waals surface area contributed by atoms with Gasteiger partial charge in [0.25, 0.3) is 0 Å². The lowest BCUT2D eigenvalue weighted by Gasteiger charge is -2.29. The molecule has 5 rings (SSSR count). The van der Waals surface area contributed by atoms with Gasteiger partial charge in [0.2, 0.25) is 11.1 Å². The Hall–Kier alpha value is -3.39. The number of pyridine rings is 1. The van der Waals surface area contributed by atoms with Crippen LogP contribution >= 0.6 is 11.5 Å². The fraction of sp³-hybridized carbons (Fsp3) is 0.476. The third-order valence-corrected chi connectivity index (χ3v) is 7.24. The van der Waals surface area contributed by atoms with Gasteiger partial charge in [-0.25, -0.2) is 9.78 Å². The number of hydrogen-bond donors (Lipinski definition) is 2. The van der Waals surface area contributed by atoms with Crippen LogP contribution < -0.4 is 15.1 Å². The lowest BCUT2D eigenvalue weighted by molar-refractivity contribution is 0.218. The first-order valence-corrected chi connectivity index (χ1v) is 11.4. The molecule has 1 aliphatic carbocycles. The molecule has 2 unspecified atom stereocenters. The van der Waals surface area contributed by atoms with Crippen LogP contribution in [-0.4, -0.2) is 70.5 Å². The maximum Gasteiger partial charge on any atom is 0.323 e. The summed E-state index contributed by atoms with van der Waals surface area (Å²) in [6, 6.07) is 4.49. The van der Waals surface area contributed by atoms with E-state index >= 15 is 0 Å². The Bertz CT molecular complexity index is 1180. The van der Waals surface area contributed by atoms with Gasteiger partial charge in [0, 0.05) is 69.6 Å². The zero-order valence-corrected chi connectivity index (χ0v) is 19.1. The summed E-state index contributed by atoms with van der Waals surface area (Å²) in [5.74, 6) is 1.50. The van der Waals surface area contributed by atoms with Crippen molar-refractivity contribution in [2.45, 2.75) is 18.9 Å². The van der Waals surface area contributed by atoms with Crippen LogP contribution in [0.1, 0.15) is 18.4 Å². The number of aromatic amines is 1. The van der Waals surface area contributed by atoms with E-state index in [0.717, 1.165) is 42.7 Å². The number of likely N-dealkylation sites (tertiary alicyclic amines) is 1. The molecule has 0 bridgehead atoms. The molecule has 4 heterocycles. The fourth-order valence-electron chi connectivity index (χ4n) is 5.01. The zero-order chi connectivity index (χ0) is 22.4. The quantitative estimate of drug-likeness (QED) is 0.626. The van der Waals surface area contributed by atoms with Gasteiger partial charge in [0.1, 0.15) is 11.7 Å². The molecule has 0 radical (unpaired) electrons. The number of nitrogens with zero attached hydrogens (tertiary/aromatic N) is 7. The number of anilines is 3. The highest BCUT2D eigenvalue weighted by atomic mass is 32.1. The average molecular weight is 452 g/mol. The molecular weight excluding hydrogens is 426 g/mol. The first kappa shape index (κ1) is 20.5. The molecule has 1 saturated heterocycles. The van der Waals surface area contributed by atoms with Crippen LogP contribution in [-0.2, 0) is 0 Å². The topological polar surface area (TPSA) is 117 Å². The number of H-pyrrole nitrogens is 1. The van der Waals surface area contributed by atoms with Crippen molar-refractivity contribution in [3.05, 3.63) is 24.0 Å². The zero-order valence-electron chi connectivity index (χ0n) is 18.2. The molecule has 10 nitrogen and oxygen atoms in total. The summed E-state index contributed by atoms with van der Waals surface area (Å²) < 4.78 is 4.23. The third-order valence-electron chi connectivity index (χ3n) is 6.62. The lowest BCUT2D eigenvalue weighted by atomic mass is 10.0. The Morgan fingerprint density at radius 1 is 1.31 bits per heavy atom. The summed E-state index contributed by atoms with van der Waals surface area (Å²) in [5.41, 5.74) is 2.32. The number of nitrogens with one attached hydrogen (secondary N) is 2. The van der Waals surface area contributed by atoms with Crippen LogP contribution in [0.3, 0.4) is 0 Å². The number of carbonyl (C=O) groups excluding carboxylic acids is 1. The number of fused-ring (bicyclic) bond motifs is 2. The van der Waals surface area contributed by atoms with Crippen molar-refractivity contribution < 1.29 is 4.79 Å². The maximum atomic E-state index is 12.7. The molecule has 2 aliphatic rings. The predicted molar refractivity (Wildman–Crippen MR) is 124 cm³/mol. The van der Waals surface area contributed by atoms with E-state index in [1.165, 1.54) is 11.5 Å². The lowest BCUT2D eigenvalue weighted by Crippen LogP contribution is -2.36. The van der Waals surface area contributed by atoms with Gasteiger partial charge in [-0.1, -0.05) is 0 Å². The number of amides is 2. The molecule has 1 saturated carbocycles. The van der Waals surface area contributed by atoms with Crippen LogP contribution in [0, 0.1) is 23.2 Å². The van der Waals surface area contributed by atoms with E-state index < -0.39 is 0 Å². The number of carbonyl (C=O) groups is 1. The molecule has 2 N–H and O–H groups in total. The normalized spacial score (nSPS) is 22.1. The van der Waals surface area contributed by atoms with Crippen molar-refractivity contribution in [1.29, 1.82) is 5.26 Å². The van der Waals surface area contributed by atoms with E-state index in [1.54, 1.807) is 6.20 Å². The first-order chi connectivity index (χ1) is 15.4. The van der Waals surface area contributed by atoms with E-state index in [2.05, 4.69) is 42.7 Å². The van der Waals surface area contributed by atoms with E-state index in [-0.39, 0.29) is 6.03 Å². The number of rotatable bonds is 4. The highest BCUT2D eigenvalue weighted by molar-refractivity contribution is 7.10. The van der Waals surface area contributed by atoms with Gasteiger partial charge < -0.3 is 19.7 Å². The van der Waals surface area contributed by atoms with Crippen molar-refractivity contribution in [3.63, 3.8) is 0 Å². The molecule has 32 heavy (non-hydrogen) atoms. The van der Waals surface area contributed by atoms with Gasteiger partial charge in [0.15, 0.2) is 0 Å². The minimum absolute atomic E-state index is 0.110. The Labute approximate surface area is 190 Å². The summed E-state index contributed by atoms with van der Waals surface area (Å²) in [7, 11) is 5.81. The fourth-order valence-corrected chi connectivity index (χ4v) is 5.63. The molecule has 11 heteroatoms. The maximum absolute atomic E-state index is 12.7. The molecule has 2 amide bonds.